The van der Waals surface area contributed by atoms with E-state index in [0.29, 0.717) is 22.7 Å². The molecule has 9 heteroatoms. The Kier molecular flexibility index (Phi) is 5.67. The summed E-state index contributed by atoms with van der Waals surface area (Å²) < 4.78 is 5.83. The highest BCUT2D eigenvalue weighted by atomic mass is 32.2. The molecule has 7 nitrogen and oxygen atoms in total. The smallest absolute Gasteiger partial charge is 0.236 e. The molecule has 2 aromatic heterocycles. The number of nitrogens with one attached hydrogen (secondary N) is 2. The maximum Gasteiger partial charge on any atom is 0.236 e. The second kappa shape index (κ2) is 8.13. The number of carbonyl (C=O) groups is 1. The first-order chi connectivity index (χ1) is 12.1. The Morgan fingerprint density at radius 2 is 2.16 bits per heavy atom. The number of thioether (sulfide) groups is 1. The van der Waals surface area contributed by atoms with E-state index >= 15 is 0 Å². The normalized spacial score (nSPS) is 10.6. The first-order valence-electron chi connectivity index (χ1n) is 7.54. The third kappa shape index (κ3) is 4.80. The molecule has 0 unspecified atom stereocenters. The Hall–Kier alpha value is -2.39. The fourth-order valence-electron chi connectivity index (χ4n) is 2.14. The molecule has 0 aliphatic rings. The molecular formula is C16H17N5O2S2. The number of hydrogen-bond acceptors (Lipinski definition) is 7. The van der Waals surface area contributed by atoms with Crippen molar-refractivity contribution in [1.29, 1.82) is 0 Å². The van der Waals surface area contributed by atoms with E-state index in [1.54, 1.807) is 11.6 Å². The number of aromatic amines is 1. The van der Waals surface area contributed by atoms with Crippen molar-refractivity contribution < 1.29 is 9.53 Å². The number of amides is 1. The van der Waals surface area contributed by atoms with Gasteiger partial charge >= 0.3 is 0 Å². The first kappa shape index (κ1) is 17.4. The monoisotopic (exact) mass is 375 g/mol. The Balaban J connectivity index is 1.50. The van der Waals surface area contributed by atoms with Crippen LogP contribution in [0.15, 0.2) is 34.9 Å². The minimum absolute atomic E-state index is 0.141. The van der Waals surface area contributed by atoms with E-state index in [4.69, 9.17) is 4.74 Å². The lowest BCUT2D eigenvalue weighted by atomic mass is 10.1. The van der Waals surface area contributed by atoms with Crippen LogP contribution >= 0.6 is 23.1 Å². The summed E-state index contributed by atoms with van der Waals surface area (Å²) in [4.78, 5) is 20.2. The molecule has 2 heterocycles. The highest BCUT2D eigenvalue weighted by molar-refractivity contribution is 7.99. The molecule has 1 aromatic carbocycles. The van der Waals surface area contributed by atoms with E-state index in [1.807, 2.05) is 32.0 Å². The lowest BCUT2D eigenvalue weighted by Crippen LogP contribution is -2.13. The van der Waals surface area contributed by atoms with Gasteiger partial charge in [-0.05, 0) is 25.0 Å². The van der Waals surface area contributed by atoms with Crippen molar-refractivity contribution in [3.63, 3.8) is 0 Å². The van der Waals surface area contributed by atoms with Gasteiger partial charge in [0.15, 0.2) is 11.0 Å². The SMILES string of the molecule is Cc1cccc(C)c1OCc1nc(SCC(=O)Nc2nccs2)n[nH]1. The van der Waals surface area contributed by atoms with Gasteiger partial charge in [-0.2, -0.15) is 0 Å². The van der Waals surface area contributed by atoms with Crippen LogP contribution in [-0.4, -0.2) is 31.8 Å². The Labute approximate surface area is 153 Å². The van der Waals surface area contributed by atoms with E-state index in [1.165, 1.54) is 23.1 Å². The molecular weight excluding hydrogens is 358 g/mol. The Bertz CT molecular complexity index is 828. The molecule has 0 spiro atoms. The first-order valence-corrected chi connectivity index (χ1v) is 9.41. The van der Waals surface area contributed by atoms with Crippen LogP contribution in [0.2, 0.25) is 0 Å². The Morgan fingerprint density at radius 1 is 1.36 bits per heavy atom. The largest absolute Gasteiger partial charge is 0.485 e. The van der Waals surface area contributed by atoms with Crippen LogP contribution in [0.4, 0.5) is 5.13 Å². The molecule has 0 fully saturated rings. The van der Waals surface area contributed by atoms with Gasteiger partial charge in [-0.15, -0.1) is 16.4 Å². The van der Waals surface area contributed by atoms with Crippen molar-refractivity contribution in [2.75, 3.05) is 11.1 Å². The molecule has 3 aromatic rings. The molecule has 0 saturated heterocycles. The summed E-state index contributed by atoms with van der Waals surface area (Å²) in [5.74, 6) is 1.55. The molecule has 25 heavy (non-hydrogen) atoms. The molecule has 3 rings (SSSR count). The Morgan fingerprint density at radius 3 is 2.88 bits per heavy atom. The lowest BCUT2D eigenvalue weighted by Gasteiger charge is -2.10. The van der Waals surface area contributed by atoms with Crippen LogP contribution in [0.1, 0.15) is 17.0 Å². The van der Waals surface area contributed by atoms with Gasteiger partial charge in [0.25, 0.3) is 0 Å². The topological polar surface area (TPSA) is 92.8 Å². The van der Waals surface area contributed by atoms with Crippen molar-refractivity contribution >= 4 is 34.1 Å². The number of H-pyrrole nitrogens is 1. The van der Waals surface area contributed by atoms with Crippen molar-refractivity contribution in [2.45, 2.75) is 25.6 Å². The third-order valence-electron chi connectivity index (χ3n) is 3.28. The van der Waals surface area contributed by atoms with Gasteiger partial charge in [-0.1, -0.05) is 30.0 Å². The van der Waals surface area contributed by atoms with Crippen LogP contribution in [0.25, 0.3) is 0 Å². The summed E-state index contributed by atoms with van der Waals surface area (Å²) in [5, 5.41) is 12.5. The number of benzene rings is 1. The minimum atomic E-state index is -0.141. The standard InChI is InChI=1S/C16H17N5O2S2/c1-10-4-3-5-11(2)14(10)23-8-12-18-16(21-20-12)25-9-13(22)19-15-17-6-7-24-15/h3-7H,8-9H2,1-2H3,(H,17,19,22)(H,18,20,21). The molecule has 130 valence electrons. The number of aromatic nitrogens is 4. The predicted octanol–water partition coefficient (Wildman–Crippen LogP) is 3.19. The second-order valence-electron chi connectivity index (χ2n) is 5.25. The van der Waals surface area contributed by atoms with Gasteiger partial charge in [0.2, 0.25) is 11.1 Å². The van der Waals surface area contributed by atoms with E-state index in [9.17, 15) is 4.79 Å². The number of carbonyl (C=O) groups excluding carboxylic acids is 1. The number of rotatable bonds is 7. The zero-order valence-electron chi connectivity index (χ0n) is 13.8. The summed E-state index contributed by atoms with van der Waals surface area (Å²) in [6.07, 6.45) is 1.64. The third-order valence-corrected chi connectivity index (χ3v) is 4.82. The highest BCUT2D eigenvalue weighted by Gasteiger charge is 2.10. The lowest BCUT2D eigenvalue weighted by molar-refractivity contribution is -0.113. The zero-order chi connectivity index (χ0) is 17.6. The number of nitrogens with zero attached hydrogens (tertiary/aromatic N) is 3. The van der Waals surface area contributed by atoms with E-state index in [2.05, 4.69) is 25.5 Å². The predicted molar refractivity (Wildman–Crippen MR) is 98.1 cm³/mol. The second-order valence-corrected chi connectivity index (χ2v) is 7.09. The molecule has 1 amide bonds. The van der Waals surface area contributed by atoms with Crippen molar-refractivity contribution in [1.82, 2.24) is 20.2 Å². The van der Waals surface area contributed by atoms with Crippen molar-refractivity contribution in [3.05, 3.63) is 46.7 Å². The van der Waals surface area contributed by atoms with Crippen molar-refractivity contribution in [2.24, 2.45) is 0 Å². The van der Waals surface area contributed by atoms with E-state index < -0.39 is 0 Å². The van der Waals surface area contributed by atoms with Gasteiger partial charge in [-0.25, -0.2) is 9.97 Å². The molecule has 0 atom stereocenters. The number of aryl methyl sites for hydroxylation is 2. The molecule has 0 aliphatic carbocycles. The van der Waals surface area contributed by atoms with Crippen LogP contribution in [-0.2, 0) is 11.4 Å². The maximum absolute atomic E-state index is 11.8. The minimum Gasteiger partial charge on any atom is -0.485 e. The summed E-state index contributed by atoms with van der Waals surface area (Å²) >= 11 is 2.63. The van der Waals surface area contributed by atoms with Gasteiger partial charge in [-0.3, -0.25) is 9.89 Å². The summed E-state index contributed by atoms with van der Waals surface area (Å²) in [6.45, 7) is 4.31. The zero-order valence-corrected chi connectivity index (χ0v) is 15.4. The number of hydrogen-bond donors (Lipinski definition) is 2. The highest BCUT2D eigenvalue weighted by Crippen LogP contribution is 2.23. The van der Waals surface area contributed by atoms with E-state index in [0.717, 1.165) is 16.9 Å². The number of para-hydroxylation sites is 1. The fourth-order valence-corrected chi connectivity index (χ4v) is 3.31. The van der Waals surface area contributed by atoms with Crippen molar-refractivity contribution in [3.8, 4) is 5.75 Å². The van der Waals surface area contributed by atoms with Gasteiger partial charge in [0.1, 0.15) is 12.4 Å². The average Bonchev–Trinajstić information content (AvgIpc) is 3.24. The number of thiazole rings is 1. The van der Waals surface area contributed by atoms with Gasteiger partial charge < -0.3 is 10.1 Å². The van der Waals surface area contributed by atoms with E-state index in [-0.39, 0.29) is 11.7 Å². The van der Waals surface area contributed by atoms with Crippen LogP contribution in [0.5, 0.6) is 5.75 Å². The molecule has 2 N–H and O–H groups in total. The molecule has 0 bridgehead atoms. The van der Waals surface area contributed by atoms with Gasteiger partial charge in [0.05, 0.1) is 5.75 Å². The maximum atomic E-state index is 11.8. The molecule has 0 radical (unpaired) electrons. The fraction of sp³-hybridized carbons (Fsp3) is 0.250. The average molecular weight is 375 g/mol. The summed E-state index contributed by atoms with van der Waals surface area (Å²) in [5.41, 5.74) is 2.15. The van der Waals surface area contributed by atoms with Crippen LogP contribution < -0.4 is 10.1 Å². The number of ether oxygens (including phenoxy) is 1. The van der Waals surface area contributed by atoms with Gasteiger partial charge in [0, 0.05) is 11.6 Å². The molecule has 0 aliphatic heterocycles. The van der Waals surface area contributed by atoms with Crippen LogP contribution in [0, 0.1) is 13.8 Å². The van der Waals surface area contributed by atoms with Crippen LogP contribution in [0.3, 0.4) is 0 Å². The molecule has 0 saturated carbocycles. The summed E-state index contributed by atoms with van der Waals surface area (Å²) in [6, 6.07) is 6.01. The quantitative estimate of drug-likeness (QED) is 0.616. The summed E-state index contributed by atoms with van der Waals surface area (Å²) in [7, 11) is 0. The number of anilines is 1.